The molecule has 1 aromatic heterocycles. The van der Waals surface area contributed by atoms with Gasteiger partial charge in [-0.25, -0.2) is 4.98 Å². The summed E-state index contributed by atoms with van der Waals surface area (Å²) in [4.78, 5) is 17.2. The van der Waals surface area contributed by atoms with E-state index in [1.165, 1.54) is 0 Å². The third-order valence-corrected chi connectivity index (χ3v) is 2.86. The summed E-state index contributed by atoms with van der Waals surface area (Å²) in [5, 5.41) is 5.80. The summed E-state index contributed by atoms with van der Waals surface area (Å²) in [6.45, 7) is 5.47. The highest BCUT2D eigenvalue weighted by atomic mass is 19.1. The summed E-state index contributed by atoms with van der Waals surface area (Å²) in [5.41, 5.74) is 0.581. The van der Waals surface area contributed by atoms with Crippen LogP contribution in [0.2, 0.25) is 0 Å². The zero-order chi connectivity index (χ0) is 13.0. The molecule has 98 valence electrons. The van der Waals surface area contributed by atoms with Crippen LogP contribution in [0.25, 0.3) is 0 Å². The lowest BCUT2D eigenvalue weighted by molar-refractivity contribution is 0.0949. The number of halogens is 1. The summed E-state index contributed by atoms with van der Waals surface area (Å²) in [5.74, 6) is -0.927. The predicted octanol–water partition coefficient (Wildman–Crippen LogP) is 0.380. The maximum absolute atomic E-state index is 13.9. The van der Waals surface area contributed by atoms with E-state index in [2.05, 4.69) is 15.6 Å². The largest absolute Gasteiger partial charge is 0.365 e. The zero-order valence-electron chi connectivity index (χ0n) is 10.4. The van der Waals surface area contributed by atoms with Crippen molar-refractivity contribution < 1.29 is 9.18 Å². The maximum atomic E-state index is 13.9. The number of rotatable bonds is 3. The van der Waals surface area contributed by atoms with E-state index in [9.17, 15) is 9.18 Å². The number of hydrogen-bond donors (Lipinski definition) is 2. The van der Waals surface area contributed by atoms with Gasteiger partial charge in [0.25, 0.3) is 5.91 Å². The van der Waals surface area contributed by atoms with E-state index < -0.39 is 5.95 Å². The van der Waals surface area contributed by atoms with Crippen LogP contribution >= 0.6 is 0 Å². The van der Waals surface area contributed by atoms with Gasteiger partial charge in [-0.15, -0.1) is 0 Å². The number of aromatic nitrogens is 1. The third-order valence-electron chi connectivity index (χ3n) is 2.86. The summed E-state index contributed by atoms with van der Waals surface area (Å²) in [6.07, 6.45) is 0. The van der Waals surface area contributed by atoms with Crippen LogP contribution in [0.5, 0.6) is 0 Å². The van der Waals surface area contributed by atoms with Crippen LogP contribution in [0.4, 0.5) is 10.1 Å². The minimum absolute atomic E-state index is 0.119. The maximum Gasteiger partial charge on any atom is 0.269 e. The molecule has 5 nitrogen and oxygen atoms in total. The second-order valence-electron chi connectivity index (χ2n) is 4.10. The molecule has 1 aliphatic rings. The fourth-order valence-corrected chi connectivity index (χ4v) is 1.95. The molecule has 0 spiro atoms. The number of hydrogen-bond acceptors (Lipinski definition) is 4. The van der Waals surface area contributed by atoms with Crippen LogP contribution < -0.4 is 15.5 Å². The quantitative estimate of drug-likeness (QED) is 0.764. The second kappa shape index (κ2) is 5.77. The monoisotopic (exact) mass is 252 g/mol. The Hall–Kier alpha value is -1.69. The number of pyridine rings is 1. The molecule has 0 saturated carbocycles. The molecule has 1 amide bonds. The van der Waals surface area contributed by atoms with Crippen molar-refractivity contribution in [2.45, 2.75) is 6.92 Å². The highest BCUT2D eigenvalue weighted by Crippen LogP contribution is 2.18. The minimum atomic E-state index is -0.583. The van der Waals surface area contributed by atoms with Crippen molar-refractivity contribution in [2.24, 2.45) is 0 Å². The molecule has 1 aromatic rings. The molecule has 1 fully saturated rings. The fourth-order valence-electron chi connectivity index (χ4n) is 1.95. The van der Waals surface area contributed by atoms with E-state index in [1.807, 2.05) is 11.8 Å². The Morgan fingerprint density at radius 3 is 2.83 bits per heavy atom. The Balaban J connectivity index is 2.16. The summed E-state index contributed by atoms with van der Waals surface area (Å²) >= 11 is 0. The Labute approximate surface area is 105 Å². The van der Waals surface area contributed by atoms with E-state index in [-0.39, 0.29) is 11.6 Å². The number of nitrogens with one attached hydrogen (secondary N) is 2. The van der Waals surface area contributed by atoms with Gasteiger partial charge in [-0.3, -0.25) is 4.79 Å². The van der Waals surface area contributed by atoms with Gasteiger partial charge in [0.05, 0.1) is 5.69 Å². The Bertz CT molecular complexity index is 432. The van der Waals surface area contributed by atoms with Gasteiger partial charge in [0.2, 0.25) is 5.95 Å². The van der Waals surface area contributed by atoms with Crippen LogP contribution in [0, 0.1) is 5.95 Å². The van der Waals surface area contributed by atoms with Gasteiger partial charge in [-0.1, -0.05) is 0 Å². The van der Waals surface area contributed by atoms with Crippen molar-refractivity contribution in [3.63, 3.8) is 0 Å². The molecule has 2 heterocycles. The van der Waals surface area contributed by atoms with Gasteiger partial charge in [0, 0.05) is 32.7 Å². The lowest BCUT2D eigenvalue weighted by Gasteiger charge is -2.29. The van der Waals surface area contributed by atoms with Crippen LogP contribution in [-0.4, -0.2) is 43.6 Å². The molecule has 0 aromatic carbocycles. The molecule has 1 saturated heterocycles. The predicted molar refractivity (Wildman–Crippen MR) is 67.3 cm³/mol. The molecule has 0 bridgehead atoms. The number of anilines is 1. The van der Waals surface area contributed by atoms with E-state index >= 15 is 0 Å². The highest BCUT2D eigenvalue weighted by molar-refractivity contribution is 5.92. The standard InChI is InChI=1S/C12H17FN4O/c1-2-15-12(18)9-3-4-10(11(13)16-9)17-7-5-14-6-8-17/h3-4,14H,2,5-8H2,1H3,(H,15,18). The Kier molecular flexibility index (Phi) is 4.09. The van der Waals surface area contributed by atoms with Crippen molar-refractivity contribution >= 4 is 11.6 Å². The first-order chi connectivity index (χ1) is 8.72. The van der Waals surface area contributed by atoms with Gasteiger partial charge >= 0.3 is 0 Å². The first-order valence-electron chi connectivity index (χ1n) is 6.12. The summed E-state index contributed by atoms with van der Waals surface area (Å²) in [7, 11) is 0. The van der Waals surface area contributed by atoms with Crippen LogP contribution in [0.1, 0.15) is 17.4 Å². The van der Waals surface area contributed by atoms with Crippen molar-refractivity contribution in [2.75, 3.05) is 37.6 Å². The van der Waals surface area contributed by atoms with E-state index in [0.29, 0.717) is 12.2 Å². The first-order valence-corrected chi connectivity index (χ1v) is 6.12. The van der Waals surface area contributed by atoms with Gasteiger partial charge in [-0.05, 0) is 19.1 Å². The second-order valence-corrected chi connectivity index (χ2v) is 4.10. The van der Waals surface area contributed by atoms with Crippen LogP contribution in [-0.2, 0) is 0 Å². The number of amides is 1. The SMILES string of the molecule is CCNC(=O)c1ccc(N2CCNCC2)c(F)n1. The molecule has 6 heteroatoms. The number of nitrogens with zero attached hydrogens (tertiary/aromatic N) is 2. The van der Waals surface area contributed by atoms with Gasteiger partial charge in [-0.2, -0.15) is 4.39 Å². The molecule has 1 aliphatic heterocycles. The molecule has 18 heavy (non-hydrogen) atoms. The molecular weight excluding hydrogens is 235 g/mol. The van der Waals surface area contributed by atoms with Crippen molar-refractivity contribution in [1.82, 2.24) is 15.6 Å². The zero-order valence-corrected chi connectivity index (χ0v) is 10.4. The number of piperazine rings is 1. The van der Waals surface area contributed by atoms with Crippen LogP contribution in [0.15, 0.2) is 12.1 Å². The summed E-state index contributed by atoms with van der Waals surface area (Å²) in [6, 6.07) is 3.18. The number of carbonyl (C=O) groups is 1. The van der Waals surface area contributed by atoms with Crippen molar-refractivity contribution in [3.8, 4) is 0 Å². The average molecular weight is 252 g/mol. The molecule has 0 unspecified atom stereocenters. The van der Waals surface area contributed by atoms with E-state index in [4.69, 9.17) is 0 Å². The van der Waals surface area contributed by atoms with Crippen molar-refractivity contribution in [3.05, 3.63) is 23.8 Å². The average Bonchev–Trinajstić information content (AvgIpc) is 2.40. The smallest absolute Gasteiger partial charge is 0.269 e. The Morgan fingerprint density at radius 1 is 1.50 bits per heavy atom. The lowest BCUT2D eigenvalue weighted by atomic mass is 10.2. The van der Waals surface area contributed by atoms with Gasteiger partial charge in [0.1, 0.15) is 5.69 Å². The molecule has 0 atom stereocenters. The minimum Gasteiger partial charge on any atom is -0.365 e. The van der Waals surface area contributed by atoms with Gasteiger partial charge < -0.3 is 15.5 Å². The van der Waals surface area contributed by atoms with Crippen molar-refractivity contribution in [1.29, 1.82) is 0 Å². The fraction of sp³-hybridized carbons (Fsp3) is 0.500. The molecular formula is C12H17FN4O. The highest BCUT2D eigenvalue weighted by Gasteiger charge is 2.17. The summed E-state index contributed by atoms with van der Waals surface area (Å²) < 4.78 is 13.9. The molecule has 0 aliphatic carbocycles. The van der Waals surface area contributed by atoms with Crippen LogP contribution in [0.3, 0.4) is 0 Å². The van der Waals surface area contributed by atoms with E-state index in [0.717, 1.165) is 26.2 Å². The Morgan fingerprint density at radius 2 is 2.22 bits per heavy atom. The third kappa shape index (κ3) is 2.76. The van der Waals surface area contributed by atoms with E-state index in [1.54, 1.807) is 12.1 Å². The van der Waals surface area contributed by atoms with Gasteiger partial charge in [0.15, 0.2) is 0 Å². The molecule has 2 rings (SSSR count). The molecule has 0 radical (unpaired) electrons. The number of carbonyl (C=O) groups excluding carboxylic acids is 1. The molecule has 2 N–H and O–H groups in total. The lowest BCUT2D eigenvalue weighted by Crippen LogP contribution is -2.44. The topological polar surface area (TPSA) is 57.3 Å². The first kappa shape index (κ1) is 12.8. The normalized spacial score (nSPS) is 15.6.